The van der Waals surface area contributed by atoms with E-state index in [1.165, 1.54) is 18.2 Å². The fourth-order valence-electron chi connectivity index (χ4n) is 2.42. The summed E-state index contributed by atoms with van der Waals surface area (Å²) >= 11 is 17.6. The lowest BCUT2D eigenvalue weighted by Crippen LogP contribution is -2.39. The van der Waals surface area contributed by atoms with Gasteiger partial charge in [-0.1, -0.05) is 41.7 Å². The van der Waals surface area contributed by atoms with E-state index >= 15 is 0 Å². The van der Waals surface area contributed by atoms with E-state index in [-0.39, 0.29) is 17.1 Å². The molecule has 0 bridgehead atoms. The molecule has 2 rings (SSSR count). The Hall–Kier alpha value is -1.80. The number of halogens is 3. The summed E-state index contributed by atoms with van der Waals surface area (Å²) in [5.74, 6) is -2.36. The highest BCUT2D eigenvalue weighted by Crippen LogP contribution is 2.26. The van der Waals surface area contributed by atoms with Gasteiger partial charge in [0.05, 0.1) is 10.7 Å². The molecule has 2 amide bonds. The van der Waals surface area contributed by atoms with Crippen molar-refractivity contribution in [2.45, 2.75) is 18.6 Å². The van der Waals surface area contributed by atoms with Crippen LogP contribution in [0.3, 0.4) is 0 Å². The number of rotatable bonds is 7. The van der Waals surface area contributed by atoms with Crippen LogP contribution in [0.4, 0.5) is 11.4 Å². The minimum absolute atomic E-state index is 0.00635. The van der Waals surface area contributed by atoms with Gasteiger partial charge in [0.2, 0.25) is 11.8 Å². The Morgan fingerprint density at radius 2 is 1.57 bits per heavy atom. The first kappa shape index (κ1) is 22.5. The Morgan fingerprint density at radius 1 is 0.964 bits per heavy atom. The number of hydrogen-bond acceptors (Lipinski definition) is 4. The van der Waals surface area contributed by atoms with Gasteiger partial charge in [-0.2, -0.15) is 0 Å². The van der Waals surface area contributed by atoms with E-state index in [9.17, 15) is 18.0 Å². The Labute approximate surface area is 178 Å². The monoisotopic (exact) mass is 462 g/mol. The summed E-state index contributed by atoms with van der Waals surface area (Å²) in [7, 11) is -4.06. The Kier molecular flexibility index (Phi) is 7.71. The highest BCUT2D eigenvalue weighted by Gasteiger charge is 2.33. The quantitative estimate of drug-likeness (QED) is 0.636. The molecule has 0 aliphatic heterocycles. The number of amides is 2. The van der Waals surface area contributed by atoms with Crippen molar-refractivity contribution in [3.8, 4) is 0 Å². The third kappa shape index (κ3) is 6.10. The second kappa shape index (κ2) is 9.60. The lowest BCUT2D eigenvalue weighted by atomic mass is 10.2. The van der Waals surface area contributed by atoms with E-state index in [2.05, 4.69) is 10.6 Å². The van der Waals surface area contributed by atoms with Crippen LogP contribution in [0, 0.1) is 0 Å². The van der Waals surface area contributed by atoms with Crippen LogP contribution >= 0.6 is 34.8 Å². The maximum atomic E-state index is 12.6. The molecule has 0 radical (unpaired) electrons. The second-order valence-corrected chi connectivity index (χ2v) is 9.34. The summed E-state index contributed by atoms with van der Waals surface area (Å²) in [5.41, 5.74) is 0.630. The number of anilines is 2. The molecule has 2 aromatic carbocycles. The van der Waals surface area contributed by atoms with Gasteiger partial charge in [-0.05, 0) is 48.9 Å². The number of nitrogens with one attached hydrogen (secondary N) is 2. The standard InChI is InChI=1S/C18H17Cl3N2O4S/c1-2-16(18(25)23-15-8-5-12(20)9-14(15)21)28(26,27)10-17(24)22-13-6-3-11(19)4-7-13/h3-9,16H,2,10H2,1H3,(H,22,24)(H,23,25). The van der Waals surface area contributed by atoms with Crippen LogP contribution in [-0.4, -0.2) is 31.2 Å². The van der Waals surface area contributed by atoms with E-state index < -0.39 is 32.7 Å². The molecule has 2 aromatic rings. The smallest absolute Gasteiger partial charge is 0.242 e. The molecule has 0 aliphatic carbocycles. The van der Waals surface area contributed by atoms with Crippen molar-refractivity contribution >= 4 is 67.8 Å². The number of carbonyl (C=O) groups is 2. The molecule has 10 heteroatoms. The van der Waals surface area contributed by atoms with Crippen molar-refractivity contribution in [2.75, 3.05) is 16.4 Å². The van der Waals surface area contributed by atoms with Crippen LogP contribution in [0.5, 0.6) is 0 Å². The first-order chi connectivity index (χ1) is 13.1. The van der Waals surface area contributed by atoms with Crippen molar-refractivity contribution < 1.29 is 18.0 Å². The number of hydrogen-bond donors (Lipinski definition) is 2. The fraction of sp³-hybridized carbons (Fsp3) is 0.222. The van der Waals surface area contributed by atoms with E-state index in [4.69, 9.17) is 34.8 Å². The third-order valence-electron chi connectivity index (χ3n) is 3.75. The minimum atomic E-state index is -4.06. The molecule has 0 saturated carbocycles. The third-order valence-corrected chi connectivity index (χ3v) is 6.62. The molecule has 1 atom stereocenters. The lowest BCUT2D eigenvalue weighted by molar-refractivity contribution is -0.115. The lowest BCUT2D eigenvalue weighted by Gasteiger charge is -2.16. The molecule has 0 heterocycles. The molecular weight excluding hydrogens is 447 g/mol. The van der Waals surface area contributed by atoms with Crippen LogP contribution in [0.25, 0.3) is 0 Å². The summed E-state index contributed by atoms with van der Waals surface area (Å²) in [6, 6.07) is 10.6. The zero-order chi connectivity index (χ0) is 20.9. The Balaban J connectivity index is 2.08. The molecule has 0 spiro atoms. The van der Waals surface area contributed by atoms with Crippen molar-refractivity contribution in [3.63, 3.8) is 0 Å². The Bertz CT molecular complexity index is 979. The SMILES string of the molecule is CCC(C(=O)Nc1ccc(Cl)cc1Cl)S(=O)(=O)CC(=O)Nc1ccc(Cl)cc1. The highest BCUT2D eigenvalue weighted by molar-refractivity contribution is 7.93. The predicted octanol–water partition coefficient (Wildman–Crippen LogP) is 4.42. The number of carbonyl (C=O) groups excluding carboxylic acids is 2. The van der Waals surface area contributed by atoms with Gasteiger partial charge in [0.25, 0.3) is 0 Å². The minimum Gasteiger partial charge on any atom is -0.325 e. The normalized spacial score (nSPS) is 12.3. The van der Waals surface area contributed by atoms with Gasteiger partial charge >= 0.3 is 0 Å². The number of sulfone groups is 1. The summed E-state index contributed by atoms with van der Waals surface area (Å²) < 4.78 is 25.2. The molecule has 0 aliphatic rings. The maximum absolute atomic E-state index is 12.6. The van der Waals surface area contributed by atoms with E-state index in [0.29, 0.717) is 15.7 Å². The first-order valence-electron chi connectivity index (χ1n) is 8.15. The highest BCUT2D eigenvalue weighted by atomic mass is 35.5. The van der Waals surface area contributed by atoms with E-state index in [1.54, 1.807) is 31.2 Å². The van der Waals surface area contributed by atoms with Crippen LogP contribution in [-0.2, 0) is 19.4 Å². The van der Waals surface area contributed by atoms with Crippen molar-refractivity contribution in [3.05, 3.63) is 57.5 Å². The van der Waals surface area contributed by atoms with Crippen LogP contribution in [0.2, 0.25) is 15.1 Å². The van der Waals surface area contributed by atoms with Crippen LogP contribution < -0.4 is 10.6 Å². The Morgan fingerprint density at radius 3 is 2.14 bits per heavy atom. The van der Waals surface area contributed by atoms with Crippen molar-refractivity contribution in [1.29, 1.82) is 0 Å². The van der Waals surface area contributed by atoms with Crippen LogP contribution in [0.1, 0.15) is 13.3 Å². The molecule has 1 unspecified atom stereocenters. The summed E-state index contributed by atoms with van der Waals surface area (Å²) in [5, 5.41) is 4.56. The zero-order valence-electron chi connectivity index (χ0n) is 14.7. The first-order valence-corrected chi connectivity index (χ1v) is 11.0. The van der Waals surface area contributed by atoms with E-state index in [1.807, 2.05) is 0 Å². The molecular formula is C18H17Cl3N2O4S. The van der Waals surface area contributed by atoms with Gasteiger partial charge in [-0.25, -0.2) is 8.42 Å². The van der Waals surface area contributed by atoms with Crippen LogP contribution in [0.15, 0.2) is 42.5 Å². The summed E-state index contributed by atoms with van der Waals surface area (Å²) in [4.78, 5) is 24.6. The number of benzene rings is 2. The largest absolute Gasteiger partial charge is 0.325 e. The zero-order valence-corrected chi connectivity index (χ0v) is 17.8. The second-order valence-electron chi connectivity index (χ2n) is 5.87. The molecule has 2 N–H and O–H groups in total. The van der Waals surface area contributed by atoms with Gasteiger partial charge in [-0.3, -0.25) is 9.59 Å². The van der Waals surface area contributed by atoms with Gasteiger partial charge in [0.1, 0.15) is 11.0 Å². The molecule has 6 nitrogen and oxygen atoms in total. The fourth-order valence-corrected chi connectivity index (χ4v) is 4.53. The molecule has 0 aromatic heterocycles. The van der Waals surface area contributed by atoms with Gasteiger partial charge in [-0.15, -0.1) is 0 Å². The van der Waals surface area contributed by atoms with Gasteiger partial charge < -0.3 is 10.6 Å². The summed E-state index contributed by atoms with van der Waals surface area (Å²) in [6.07, 6.45) is -0.00635. The maximum Gasteiger partial charge on any atom is 0.242 e. The molecule has 28 heavy (non-hydrogen) atoms. The topological polar surface area (TPSA) is 92.3 Å². The predicted molar refractivity (Wildman–Crippen MR) is 113 cm³/mol. The average Bonchev–Trinajstić information content (AvgIpc) is 2.59. The van der Waals surface area contributed by atoms with Gasteiger partial charge in [0.15, 0.2) is 9.84 Å². The molecule has 0 fully saturated rings. The summed E-state index contributed by atoms with van der Waals surface area (Å²) in [6.45, 7) is 1.54. The van der Waals surface area contributed by atoms with Gasteiger partial charge in [0, 0.05) is 15.7 Å². The van der Waals surface area contributed by atoms with Crippen molar-refractivity contribution in [1.82, 2.24) is 0 Å². The molecule has 0 saturated heterocycles. The van der Waals surface area contributed by atoms with E-state index in [0.717, 1.165) is 0 Å². The van der Waals surface area contributed by atoms with Crippen molar-refractivity contribution in [2.24, 2.45) is 0 Å². The molecule has 150 valence electrons. The average molecular weight is 464 g/mol.